The van der Waals surface area contributed by atoms with Crippen molar-refractivity contribution in [1.82, 2.24) is 15.5 Å². The van der Waals surface area contributed by atoms with Crippen LogP contribution in [0.4, 0.5) is 0 Å². The van der Waals surface area contributed by atoms with E-state index >= 15 is 0 Å². The summed E-state index contributed by atoms with van der Waals surface area (Å²) in [7, 11) is 1.95. The third-order valence-electron chi connectivity index (χ3n) is 4.14. The second kappa shape index (κ2) is 6.58. The molecule has 2 aromatic rings. The van der Waals surface area contributed by atoms with Gasteiger partial charge in [-0.25, -0.2) is 0 Å². The van der Waals surface area contributed by atoms with E-state index in [4.69, 9.17) is 4.52 Å². The molecule has 4 nitrogen and oxygen atoms in total. The first kappa shape index (κ1) is 16.0. The summed E-state index contributed by atoms with van der Waals surface area (Å²) in [4.78, 5) is 4.61. The average molecular weight is 308 g/mol. The van der Waals surface area contributed by atoms with Crippen molar-refractivity contribution in [1.29, 1.82) is 0 Å². The molecule has 1 aromatic heterocycles. The van der Waals surface area contributed by atoms with Crippen LogP contribution in [-0.2, 0) is 18.3 Å². The molecule has 1 saturated carbocycles. The summed E-state index contributed by atoms with van der Waals surface area (Å²) in [5, 5.41) is 7.32. The van der Waals surface area contributed by atoms with Crippen LogP contribution in [0.1, 0.15) is 37.0 Å². The maximum absolute atomic E-state index is 5.52. The lowest BCUT2D eigenvalue weighted by atomic mass is 9.96. The Labute approximate surface area is 131 Å². The SMILES string of the molecule is CNC(C)Cc1noc(C2(Cc3ccccc3)CC2)n1.Cl. The highest BCUT2D eigenvalue weighted by Gasteiger charge is 2.49. The lowest BCUT2D eigenvalue weighted by molar-refractivity contribution is 0.339. The zero-order valence-corrected chi connectivity index (χ0v) is 13.3. The van der Waals surface area contributed by atoms with Crippen molar-refractivity contribution in [2.45, 2.75) is 44.1 Å². The van der Waals surface area contributed by atoms with Crippen LogP contribution in [0.15, 0.2) is 34.9 Å². The van der Waals surface area contributed by atoms with E-state index in [9.17, 15) is 0 Å². The molecule has 1 unspecified atom stereocenters. The van der Waals surface area contributed by atoms with Crippen molar-refractivity contribution in [2.24, 2.45) is 0 Å². The van der Waals surface area contributed by atoms with Crippen molar-refractivity contribution in [3.8, 4) is 0 Å². The molecule has 114 valence electrons. The van der Waals surface area contributed by atoms with Gasteiger partial charge in [0.15, 0.2) is 5.82 Å². The molecule has 0 saturated heterocycles. The van der Waals surface area contributed by atoms with Gasteiger partial charge in [0.25, 0.3) is 0 Å². The summed E-state index contributed by atoms with van der Waals surface area (Å²) in [5.74, 6) is 1.63. The van der Waals surface area contributed by atoms with E-state index in [1.54, 1.807) is 0 Å². The second-order valence-corrected chi connectivity index (χ2v) is 5.85. The molecule has 1 aliphatic rings. The number of hydrogen-bond donors (Lipinski definition) is 1. The molecule has 0 radical (unpaired) electrons. The Hall–Kier alpha value is -1.39. The number of rotatable bonds is 6. The highest BCUT2D eigenvalue weighted by atomic mass is 35.5. The first-order valence-electron chi connectivity index (χ1n) is 7.26. The molecule has 3 rings (SSSR count). The van der Waals surface area contributed by atoms with Crippen LogP contribution in [0.5, 0.6) is 0 Å². The van der Waals surface area contributed by atoms with E-state index < -0.39 is 0 Å². The number of aromatic nitrogens is 2. The Balaban J connectivity index is 0.00000161. The largest absolute Gasteiger partial charge is 0.339 e. The Morgan fingerprint density at radius 1 is 1.29 bits per heavy atom. The number of nitrogens with zero attached hydrogens (tertiary/aromatic N) is 2. The molecule has 0 bridgehead atoms. The van der Waals surface area contributed by atoms with Crippen molar-refractivity contribution < 1.29 is 4.52 Å². The molecule has 1 aromatic carbocycles. The van der Waals surface area contributed by atoms with Gasteiger partial charge in [0.05, 0.1) is 5.41 Å². The van der Waals surface area contributed by atoms with E-state index in [-0.39, 0.29) is 17.8 Å². The van der Waals surface area contributed by atoms with Gasteiger partial charge in [0, 0.05) is 12.5 Å². The summed E-state index contributed by atoms with van der Waals surface area (Å²) in [5.41, 5.74) is 1.43. The topological polar surface area (TPSA) is 51.0 Å². The van der Waals surface area contributed by atoms with Crippen molar-refractivity contribution in [2.75, 3.05) is 7.05 Å². The maximum Gasteiger partial charge on any atom is 0.233 e. The Morgan fingerprint density at radius 2 is 2.00 bits per heavy atom. The third-order valence-corrected chi connectivity index (χ3v) is 4.14. The summed E-state index contributed by atoms with van der Waals surface area (Å²) in [6, 6.07) is 10.9. The Bertz CT molecular complexity index is 566. The molecule has 0 amide bonds. The average Bonchev–Trinajstić information content (AvgIpc) is 3.09. The van der Waals surface area contributed by atoms with Gasteiger partial charge in [-0.3, -0.25) is 0 Å². The van der Waals surface area contributed by atoms with Crippen molar-refractivity contribution in [3.63, 3.8) is 0 Å². The van der Waals surface area contributed by atoms with Gasteiger partial charge in [-0.15, -0.1) is 12.4 Å². The molecule has 1 fully saturated rings. The lowest BCUT2D eigenvalue weighted by Crippen LogP contribution is -2.24. The predicted octanol–water partition coefficient (Wildman–Crippen LogP) is 2.92. The van der Waals surface area contributed by atoms with Gasteiger partial charge in [-0.1, -0.05) is 35.5 Å². The second-order valence-electron chi connectivity index (χ2n) is 5.85. The molecular weight excluding hydrogens is 286 g/mol. The molecule has 21 heavy (non-hydrogen) atoms. The van der Waals surface area contributed by atoms with E-state index in [2.05, 4.69) is 46.6 Å². The van der Waals surface area contributed by atoms with Gasteiger partial charge in [0.2, 0.25) is 5.89 Å². The zero-order valence-electron chi connectivity index (χ0n) is 12.5. The smallest absolute Gasteiger partial charge is 0.233 e. The zero-order chi connectivity index (χ0) is 14.0. The minimum Gasteiger partial charge on any atom is -0.339 e. The highest BCUT2D eigenvalue weighted by Crippen LogP contribution is 2.49. The van der Waals surface area contributed by atoms with Gasteiger partial charge in [0.1, 0.15) is 0 Å². The number of nitrogens with one attached hydrogen (secondary N) is 1. The summed E-state index contributed by atoms with van der Waals surface area (Å²) in [6.07, 6.45) is 4.09. The minimum absolute atomic E-state index is 0. The molecular formula is C16H22ClN3O. The normalized spacial score (nSPS) is 17.0. The summed E-state index contributed by atoms with van der Waals surface area (Å²) < 4.78 is 5.52. The van der Waals surface area contributed by atoms with Gasteiger partial charge in [-0.2, -0.15) is 4.98 Å². The maximum atomic E-state index is 5.52. The number of halogens is 1. The standard InChI is InChI=1S/C16H21N3O.ClH/c1-12(17-2)10-14-18-15(20-19-14)16(8-9-16)11-13-6-4-3-5-7-13;/h3-7,12,17H,8-11H2,1-2H3;1H. The highest BCUT2D eigenvalue weighted by molar-refractivity contribution is 5.85. The van der Waals surface area contributed by atoms with Crippen LogP contribution in [0.2, 0.25) is 0 Å². The Kier molecular flexibility index (Phi) is 5.01. The minimum atomic E-state index is 0. The van der Waals surface area contributed by atoms with E-state index in [1.807, 2.05) is 13.1 Å². The van der Waals surface area contributed by atoms with Gasteiger partial charge in [-0.05, 0) is 38.8 Å². The summed E-state index contributed by atoms with van der Waals surface area (Å²) in [6.45, 7) is 2.12. The van der Waals surface area contributed by atoms with E-state index in [0.717, 1.165) is 37.4 Å². The molecule has 1 atom stereocenters. The van der Waals surface area contributed by atoms with Crippen LogP contribution in [0.25, 0.3) is 0 Å². The molecule has 5 heteroatoms. The molecule has 1 N–H and O–H groups in total. The van der Waals surface area contributed by atoms with Gasteiger partial charge < -0.3 is 9.84 Å². The quantitative estimate of drug-likeness (QED) is 0.891. The monoisotopic (exact) mass is 307 g/mol. The summed E-state index contributed by atoms with van der Waals surface area (Å²) >= 11 is 0. The fourth-order valence-corrected chi connectivity index (χ4v) is 2.53. The molecule has 1 aliphatic carbocycles. The van der Waals surface area contributed by atoms with Crippen LogP contribution >= 0.6 is 12.4 Å². The van der Waals surface area contributed by atoms with Gasteiger partial charge >= 0.3 is 0 Å². The Morgan fingerprint density at radius 3 is 2.62 bits per heavy atom. The van der Waals surface area contributed by atoms with E-state index in [1.165, 1.54) is 5.56 Å². The molecule has 0 spiro atoms. The van der Waals surface area contributed by atoms with Crippen LogP contribution in [0.3, 0.4) is 0 Å². The van der Waals surface area contributed by atoms with Crippen LogP contribution < -0.4 is 5.32 Å². The number of benzene rings is 1. The predicted molar refractivity (Wildman–Crippen MR) is 84.8 cm³/mol. The van der Waals surface area contributed by atoms with Crippen molar-refractivity contribution in [3.05, 3.63) is 47.6 Å². The first-order chi connectivity index (χ1) is 9.72. The molecule has 0 aliphatic heterocycles. The fraction of sp³-hybridized carbons (Fsp3) is 0.500. The fourth-order valence-electron chi connectivity index (χ4n) is 2.53. The first-order valence-corrected chi connectivity index (χ1v) is 7.26. The van der Waals surface area contributed by atoms with Crippen LogP contribution in [-0.4, -0.2) is 23.2 Å². The lowest BCUT2D eigenvalue weighted by Gasteiger charge is -2.09. The van der Waals surface area contributed by atoms with E-state index in [0.29, 0.717) is 6.04 Å². The third kappa shape index (κ3) is 3.63. The molecule has 1 heterocycles. The van der Waals surface area contributed by atoms with Crippen molar-refractivity contribution >= 4 is 12.4 Å². The van der Waals surface area contributed by atoms with Crippen LogP contribution in [0, 0.1) is 0 Å². The number of likely N-dealkylation sites (N-methyl/N-ethyl adjacent to an activating group) is 1. The number of hydrogen-bond acceptors (Lipinski definition) is 4.